The third kappa shape index (κ3) is 16.7. The number of esters is 2. The summed E-state index contributed by atoms with van der Waals surface area (Å²) in [4.78, 5) is 24.9. The van der Waals surface area contributed by atoms with Gasteiger partial charge >= 0.3 is 11.9 Å². The van der Waals surface area contributed by atoms with Crippen LogP contribution in [0.2, 0.25) is 0 Å². The van der Waals surface area contributed by atoms with Crippen molar-refractivity contribution in [2.45, 2.75) is 119 Å². The second kappa shape index (κ2) is 18.7. The van der Waals surface area contributed by atoms with Crippen molar-refractivity contribution in [3.63, 3.8) is 0 Å². The van der Waals surface area contributed by atoms with Crippen LogP contribution in [0.1, 0.15) is 119 Å². The predicted octanol–water partition coefficient (Wildman–Crippen LogP) is 7.34. The summed E-state index contributed by atoms with van der Waals surface area (Å²) in [6, 6.07) is 0. The highest BCUT2D eigenvalue weighted by Gasteiger charge is 2.26. The van der Waals surface area contributed by atoms with Gasteiger partial charge in [-0.2, -0.15) is 0 Å². The maximum Gasteiger partial charge on any atom is 0.309 e. The maximum atomic E-state index is 12.6. The molecule has 0 fully saturated rings. The van der Waals surface area contributed by atoms with Crippen molar-refractivity contribution < 1.29 is 19.1 Å². The summed E-state index contributed by atoms with van der Waals surface area (Å²) in [5.74, 6) is 1.03. The van der Waals surface area contributed by atoms with Gasteiger partial charge in [0.25, 0.3) is 0 Å². The molecular weight excluding hydrogens is 376 g/mol. The quantitative estimate of drug-likeness (QED) is 0.160. The monoisotopic (exact) mass is 426 g/mol. The van der Waals surface area contributed by atoms with Crippen molar-refractivity contribution in [3.8, 4) is 0 Å². The molecule has 4 heteroatoms. The smallest absolute Gasteiger partial charge is 0.309 e. The fourth-order valence-corrected chi connectivity index (χ4v) is 3.69. The van der Waals surface area contributed by atoms with Gasteiger partial charge in [-0.1, -0.05) is 92.9 Å². The van der Waals surface area contributed by atoms with Crippen molar-refractivity contribution in [1.82, 2.24) is 0 Å². The number of unbranched alkanes of at least 4 members (excludes halogenated alkanes) is 4. The Kier molecular flexibility index (Phi) is 18.0. The van der Waals surface area contributed by atoms with Gasteiger partial charge in [-0.25, -0.2) is 0 Å². The lowest BCUT2D eigenvalue weighted by Gasteiger charge is -2.20. The number of ether oxygens (including phenoxy) is 2. The summed E-state index contributed by atoms with van der Waals surface area (Å²) in [6.07, 6.45) is 11.6. The average molecular weight is 427 g/mol. The second-order valence-electron chi connectivity index (χ2n) is 9.69. The Hall–Kier alpha value is -1.06. The van der Waals surface area contributed by atoms with Crippen LogP contribution in [-0.4, -0.2) is 25.2 Å². The van der Waals surface area contributed by atoms with Crippen LogP contribution in [0.3, 0.4) is 0 Å². The topological polar surface area (TPSA) is 52.6 Å². The number of hydrogen-bond donors (Lipinski definition) is 0. The normalized spacial score (nSPS) is 12.6. The van der Waals surface area contributed by atoms with Gasteiger partial charge in [0.15, 0.2) is 0 Å². The molecule has 4 nitrogen and oxygen atoms in total. The van der Waals surface area contributed by atoms with E-state index in [1.54, 1.807) is 0 Å². The van der Waals surface area contributed by atoms with Gasteiger partial charge in [0.1, 0.15) is 0 Å². The van der Waals surface area contributed by atoms with E-state index in [4.69, 9.17) is 9.47 Å². The summed E-state index contributed by atoms with van der Waals surface area (Å²) in [6.45, 7) is 14.1. The standard InChI is InChI=1S/C26H50O4/c1-7-23(8-2)19-24(26(28)30-18-14-10-12-16-22(5)6)20-25(27)29-17-13-9-11-15-21(3)4/h21-24H,7-20H2,1-6H3. The molecule has 1 atom stereocenters. The van der Waals surface area contributed by atoms with Crippen molar-refractivity contribution in [3.05, 3.63) is 0 Å². The zero-order valence-electron chi connectivity index (χ0n) is 20.8. The van der Waals surface area contributed by atoms with Gasteiger partial charge in [-0.15, -0.1) is 0 Å². The van der Waals surface area contributed by atoms with E-state index in [0.29, 0.717) is 25.6 Å². The molecule has 0 bridgehead atoms. The zero-order chi connectivity index (χ0) is 22.8. The molecule has 0 spiro atoms. The van der Waals surface area contributed by atoms with E-state index in [2.05, 4.69) is 41.5 Å². The van der Waals surface area contributed by atoms with Crippen LogP contribution in [0, 0.1) is 23.7 Å². The van der Waals surface area contributed by atoms with E-state index in [-0.39, 0.29) is 24.3 Å². The molecule has 0 aromatic heterocycles. The van der Waals surface area contributed by atoms with E-state index in [1.165, 1.54) is 25.7 Å². The predicted molar refractivity (Wildman–Crippen MR) is 125 cm³/mol. The number of carbonyl (C=O) groups is 2. The van der Waals surface area contributed by atoms with Crippen LogP contribution in [0.5, 0.6) is 0 Å². The van der Waals surface area contributed by atoms with Gasteiger partial charge in [-0.05, 0) is 37.0 Å². The Morgan fingerprint density at radius 1 is 0.700 bits per heavy atom. The van der Waals surface area contributed by atoms with Crippen molar-refractivity contribution in [2.75, 3.05) is 13.2 Å². The summed E-state index contributed by atoms with van der Waals surface area (Å²) < 4.78 is 10.9. The van der Waals surface area contributed by atoms with Crippen LogP contribution in [0.4, 0.5) is 0 Å². The molecule has 0 aliphatic rings. The molecule has 0 aromatic carbocycles. The van der Waals surface area contributed by atoms with E-state index in [9.17, 15) is 9.59 Å². The molecule has 0 heterocycles. The Labute approximate surface area is 186 Å². The molecule has 0 rings (SSSR count). The third-order valence-corrected chi connectivity index (χ3v) is 5.88. The Balaban J connectivity index is 4.34. The summed E-state index contributed by atoms with van der Waals surface area (Å²) in [5, 5.41) is 0. The lowest BCUT2D eigenvalue weighted by molar-refractivity contribution is -0.156. The van der Waals surface area contributed by atoms with Crippen LogP contribution in [0.25, 0.3) is 0 Å². The van der Waals surface area contributed by atoms with E-state index >= 15 is 0 Å². The Morgan fingerprint density at radius 2 is 1.20 bits per heavy atom. The highest BCUT2D eigenvalue weighted by Crippen LogP contribution is 2.23. The van der Waals surface area contributed by atoms with E-state index in [1.807, 2.05) is 0 Å². The zero-order valence-corrected chi connectivity index (χ0v) is 20.8. The molecule has 0 saturated heterocycles. The highest BCUT2D eigenvalue weighted by molar-refractivity contribution is 5.80. The minimum absolute atomic E-state index is 0.147. The second-order valence-corrected chi connectivity index (χ2v) is 9.69. The minimum Gasteiger partial charge on any atom is -0.466 e. The molecule has 0 saturated carbocycles. The third-order valence-electron chi connectivity index (χ3n) is 5.88. The first-order valence-electron chi connectivity index (χ1n) is 12.6. The average Bonchev–Trinajstić information content (AvgIpc) is 2.69. The van der Waals surface area contributed by atoms with Gasteiger partial charge < -0.3 is 9.47 Å². The molecule has 0 aliphatic heterocycles. The van der Waals surface area contributed by atoms with Crippen molar-refractivity contribution in [2.24, 2.45) is 23.7 Å². The first kappa shape index (κ1) is 28.9. The Bertz CT molecular complexity index is 427. The van der Waals surface area contributed by atoms with Crippen molar-refractivity contribution in [1.29, 1.82) is 0 Å². The SMILES string of the molecule is CCC(CC)CC(CC(=O)OCCCCCC(C)C)C(=O)OCCCCCC(C)C. The van der Waals surface area contributed by atoms with Gasteiger partial charge in [0.2, 0.25) is 0 Å². The number of hydrogen-bond acceptors (Lipinski definition) is 4. The molecule has 0 N–H and O–H groups in total. The van der Waals surface area contributed by atoms with Gasteiger partial charge in [0, 0.05) is 0 Å². The number of carbonyl (C=O) groups excluding carboxylic acids is 2. The van der Waals surface area contributed by atoms with Gasteiger partial charge in [0.05, 0.1) is 25.6 Å². The summed E-state index contributed by atoms with van der Waals surface area (Å²) >= 11 is 0. The molecule has 30 heavy (non-hydrogen) atoms. The van der Waals surface area contributed by atoms with Crippen LogP contribution in [-0.2, 0) is 19.1 Å². The molecule has 0 radical (unpaired) electrons. The largest absolute Gasteiger partial charge is 0.466 e. The highest BCUT2D eigenvalue weighted by atomic mass is 16.5. The molecule has 0 aliphatic carbocycles. The van der Waals surface area contributed by atoms with Crippen LogP contribution < -0.4 is 0 Å². The first-order chi connectivity index (χ1) is 14.3. The molecule has 1 unspecified atom stereocenters. The summed E-state index contributed by atoms with van der Waals surface area (Å²) in [5.41, 5.74) is 0. The Morgan fingerprint density at radius 3 is 1.67 bits per heavy atom. The van der Waals surface area contributed by atoms with Crippen LogP contribution in [0.15, 0.2) is 0 Å². The first-order valence-corrected chi connectivity index (χ1v) is 12.6. The molecular formula is C26H50O4. The maximum absolute atomic E-state index is 12.6. The number of rotatable bonds is 19. The fraction of sp³-hybridized carbons (Fsp3) is 0.923. The molecule has 0 aromatic rings. The lowest BCUT2D eigenvalue weighted by atomic mass is 9.88. The van der Waals surface area contributed by atoms with E-state index < -0.39 is 0 Å². The van der Waals surface area contributed by atoms with Crippen molar-refractivity contribution >= 4 is 11.9 Å². The van der Waals surface area contributed by atoms with Crippen LogP contribution >= 0.6 is 0 Å². The molecule has 178 valence electrons. The summed E-state index contributed by atoms with van der Waals surface area (Å²) in [7, 11) is 0. The fourth-order valence-electron chi connectivity index (χ4n) is 3.69. The minimum atomic E-state index is -0.376. The molecule has 0 amide bonds. The van der Waals surface area contributed by atoms with Gasteiger partial charge in [-0.3, -0.25) is 9.59 Å². The van der Waals surface area contributed by atoms with E-state index in [0.717, 1.165) is 50.4 Å². The lowest BCUT2D eigenvalue weighted by Crippen LogP contribution is -2.25.